The van der Waals surface area contributed by atoms with E-state index in [1.54, 1.807) is 6.20 Å². The van der Waals surface area contributed by atoms with Crippen LogP contribution in [0.2, 0.25) is 0 Å². The van der Waals surface area contributed by atoms with Gasteiger partial charge in [-0.3, -0.25) is 4.68 Å². The van der Waals surface area contributed by atoms with Gasteiger partial charge in [0.15, 0.2) is 5.75 Å². The van der Waals surface area contributed by atoms with Crippen LogP contribution in [0.3, 0.4) is 0 Å². The number of nitrogens with zero attached hydrogens (tertiary/aromatic N) is 2. The minimum atomic E-state index is 0.186. The summed E-state index contributed by atoms with van der Waals surface area (Å²) >= 11 is 3.50. The number of rotatable bonds is 5. The number of aliphatic hydroxyl groups excluding tert-OH is 1. The summed E-state index contributed by atoms with van der Waals surface area (Å²) in [6.07, 6.45) is 8.97. The third-order valence-electron chi connectivity index (χ3n) is 3.12. The van der Waals surface area contributed by atoms with E-state index in [-0.39, 0.29) is 6.61 Å². The second-order valence-electron chi connectivity index (χ2n) is 4.48. The highest BCUT2D eigenvalue weighted by Crippen LogP contribution is 2.29. The molecule has 0 atom stereocenters. The lowest BCUT2D eigenvalue weighted by Crippen LogP contribution is -2.19. The van der Waals surface area contributed by atoms with Gasteiger partial charge in [0, 0.05) is 13.2 Å². The number of hydrogen-bond donors (Lipinski definition) is 1. The molecule has 0 saturated heterocycles. The lowest BCUT2D eigenvalue weighted by atomic mass is 9.98. The van der Waals surface area contributed by atoms with Gasteiger partial charge < -0.3 is 9.84 Å². The minimum Gasteiger partial charge on any atom is -0.486 e. The van der Waals surface area contributed by atoms with Gasteiger partial charge in [0.25, 0.3) is 0 Å². The van der Waals surface area contributed by atoms with Gasteiger partial charge in [-0.1, -0.05) is 6.42 Å². The highest BCUT2D eigenvalue weighted by molar-refractivity contribution is 9.10. The molecular formula is C12H19BrN2O2. The Morgan fingerprint density at radius 3 is 2.88 bits per heavy atom. The number of hydrogen-bond acceptors (Lipinski definition) is 3. The molecule has 1 aliphatic carbocycles. The van der Waals surface area contributed by atoms with Gasteiger partial charge in [-0.15, -0.1) is 0 Å². The van der Waals surface area contributed by atoms with E-state index >= 15 is 0 Å². The van der Waals surface area contributed by atoms with Crippen LogP contribution in [0.25, 0.3) is 0 Å². The summed E-state index contributed by atoms with van der Waals surface area (Å²) in [6.45, 7) is 0.899. The lowest BCUT2D eigenvalue weighted by molar-refractivity contribution is 0.153. The normalized spacial score (nSPS) is 17.3. The molecule has 0 aliphatic heterocycles. The minimum absolute atomic E-state index is 0.186. The fourth-order valence-corrected chi connectivity index (χ4v) is 2.64. The summed E-state index contributed by atoms with van der Waals surface area (Å²) in [4.78, 5) is 0. The summed E-state index contributed by atoms with van der Waals surface area (Å²) in [5.74, 6) is 0.829. The van der Waals surface area contributed by atoms with Crippen molar-refractivity contribution in [3.05, 3.63) is 10.8 Å². The largest absolute Gasteiger partial charge is 0.486 e. The first-order chi connectivity index (χ1) is 8.31. The van der Waals surface area contributed by atoms with E-state index in [4.69, 9.17) is 9.84 Å². The van der Waals surface area contributed by atoms with Crippen molar-refractivity contribution in [1.29, 1.82) is 0 Å². The van der Waals surface area contributed by atoms with Crippen LogP contribution in [-0.2, 0) is 6.54 Å². The van der Waals surface area contributed by atoms with Crippen molar-refractivity contribution in [1.82, 2.24) is 9.78 Å². The molecule has 96 valence electrons. The van der Waals surface area contributed by atoms with Crippen LogP contribution in [0.5, 0.6) is 5.75 Å². The molecule has 17 heavy (non-hydrogen) atoms. The maximum atomic E-state index is 8.80. The Kier molecular flexibility index (Phi) is 4.86. The van der Waals surface area contributed by atoms with Crippen molar-refractivity contribution in [2.24, 2.45) is 0 Å². The third-order valence-corrected chi connectivity index (χ3v) is 3.92. The standard InChI is InChI=1S/C12H19BrN2O2/c13-12-11(9-14-15(12)7-4-8-16)17-10-5-2-1-3-6-10/h9-10,16H,1-8H2. The first-order valence-electron chi connectivity index (χ1n) is 6.30. The number of aryl methyl sites for hydroxylation is 1. The maximum Gasteiger partial charge on any atom is 0.172 e. The van der Waals surface area contributed by atoms with Gasteiger partial charge in [0.2, 0.25) is 0 Å². The molecule has 0 radical (unpaired) electrons. The van der Waals surface area contributed by atoms with Crippen LogP contribution in [0.15, 0.2) is 10.8 Å². The van der Waals surface area contributed by atoms with E-state index in [9.17, 15) is 0 Å². The average Bonchev–Trinajstić information content (AvgIpc) is 2.70. The molecule has 2 rings (SSSR count). The Hall–Kier alpha value is -0.550. The van der Waals surface area contributed by atoms with E-state index in [0.29, 0.717) is 19.1 Å². The zero-order valence-corrected chi connectivity index (χ0v) is 11.5. The van der Waals surface area contributed by atoms with Crippen molar-refractivity contribution >= 4 is 15.9 Å². The number of aromatic nitrogens is 2. The van der Waals surface area contributed by atoms with Crippen LogP contribution in [0.4, 0.5) is 0 Å². The molecular weight excluding hydrogens is 284 g/mol. The predicted octanol–water partition coefficient (Wildman–Crippen LogP) is 2.74. The highest BCUT2D eigenvalue weighted by Gasteiger charge is 2.18. The molecule has 0 unspecified atom stereocenters. The van der Waals surface area contributed by atoms with Crippen molar-refractivity contribution in [2.75, 3.05) is 6.61 Å². The van der Waals surface area contributed by atoms with Crippen molar-refractivity contribution in [3.8, 4) is 5.75 Å². The van der Waals surface area contributed by atoms with Crippen LogP contribution < -0.4 is 4.74 Å². The third kappa shape index (κ3) is 3.45. The monoisotopic (exact) mass is 302 g/mol. The Balaban J connectivity index is 1.93. The maximum absolute atomic E-state index is 8.80. The summed E-state index contributed by atoms with van der Waals surface area (Å²) in [7, 11) is 0. The van der Waals surface area contributed by atoms with E-state index < -0.39 is 0 Å². The summed E-state index contributed by atoms with van der Waals surface area (Å²) in [5.41, 5.74) is 0. The second-order valence-corrected chi connectivity index (χ2v) is 5.23. The second kappa shape index (κ2) is 6.40. The number of ether oxygens (including phenoxy) is 1. The smallest absolute Gasteiger partial charge is 0.172 e. The van der Waals surface area contributed by atoms with Crippen molar-refractivity contribution < 1.29 is 9.84 Å². The molecule has 0 aromatic carbocycles. The molecule has 5 heteroatoms. The molecule has 0 spiro atoms. The molecule has 1 aromatic rings. The fourth-order valence-electron chi connectivity index (χ4n) is 2.17. The SMILES string of the molecule is OCCCn1ncc(OC2CCCCC2)c1Br. The first kappa shape index (κ1) is 12.9. The molecule has 1 aromatic heterocycles. The molecule has 1 heterocycles. The average molecular weight is 303 g/mol. The molecule has 1 fully saturated rings. The number of aliphatic hydroxyl groups is 1. The summed E-state index contributed by atoms with van der Waals surface area (Å²) in [6, 6.07) is 0. The van der Waals surface area contributed by atoms with Crippen LogP contribution in [0.1, 0.15) is 38.5 Å². The molecule has 1 N–H and O–H groups in total. The van der Waals surface area contributed by atoms with Gasteiger partial charge in [0.05, 0.1) is 12.3 Å². The molecule has 0 bridgehead atoms. The van der Waals surface area contributed by atoms with Gasteiger partial charge in [-0.2, -0.15) is 5.10 Å². The van der Waals surface area contributed by atoms with Crippen molar-refractivity contribution in [2.45, 2.75) is 51.2 Å². The summed E-state index contributed by atoms with van der Waals surface area (Å²) in [5, 5.41) is 13.1. The summed E-state index contributed by atoms with van der Waals surface area (Å²) < 4.78 is 8.67. The van der Waals surface area contributed by atoms with E-state index in [2.05, 4.69) is 21.0 Å². The van der Waals surface area contributed by atoms with Crippen LogP contribution >= 0.6 is 15.9 Å². The van der Waals surface area contributed by atoms with Crippen LogP contribution in [-0.4, -0.2) is 27.6 Å². The van der Waals surface area contributed by atoms with Crippen molar-refractivity contribution in [3.63, 3.8) is 0 Å². The fraction of sp³-hybridized carbons (Fsp3) is 0.750. The zero-order valence-electron chi connectivity index (χ0n) is 9.94. The Morgan fingerprint density at radius 1 is 1.41 bits per heavy atom. The zero-order chi connectivity index (χ0) is 12.1. The van der Waals surface area contributed by atoms with E-state index in [1.807, 2.05) is 4.68 Å². The Labute approximate surface area is 110 Å². The molecule has 4 nitrogen and oxygen atoms in total. The van der Waals surface area contributed by atoms with Gasteiger partial charge >= 0.3 is 0 Å². The molecule has 0 amide bonds. The predicted molar refractivity (Wildman–Crippen MR) is 69.1 cm³/mol. The molecule has 1 aliphatic rings. The Morgan fingerprint density at radius 2 is 2.18 bits per heavy atom. The highest BCUT2D eigenvalue weighted by atomic mass is 79.9. The van der Waals surface area contributed by atoms with E-state index in [0.717, 1.165) is 23.2 Å². The van der Waals surface area contributed by atoms with Gasteiger partial charge in [0.1, 0.15) is 4.60 Å². The molecule has 1 saturated carbocycles. The quantitative estimate of drug-likeness (QED) is 0.910. The van der Waals surface area contributed by atoms with Crippen LogP contribution in [0, 0.1) is 0 Å². The topological polar surface area (TPSA) is 47.3 Å². The number of halogens is 1. The van der Waals surface area contributed by atoms with Gasteiger partial charge in [-0.25, -0.2) is 0 Å². The van der Waals surface area contributed by atoms with E-state index in [1.165, 1.54) is 19.3 Å². The first-order valence-corrected chi connectivity index (χ1v) is 7.09. The van der Waals surface area contributed by atoms with Gasteiger partial charge in [-0.05, 0) is 48.0 Å². The Bertz CT molecular complexity index is 348. The lowest BCUT2D eigenvalue weighted by Gasteiger charge is -2.22.